The van der Waals surface area contributed by atoms with E-state index in [2.05, 4.69) is 110 Å². The number of allylic oxidation sites excluding steroid dienone is 1. The molecule has 120 valence electrons. The first-order chi connectivity index (χ1) is 12.3. The average molecular weight is 320 g/mol. The van der Waals surface area contributed by atoms with Gasteiger partial charge in [0.15, 0.2) is 0 Å². The zero-order valence-corrected chi connectivity index (χ0v) is 14.3. The van der Waals surface area contributed by atoms with E-state index in [1.807, 2.05) is 0 Å². The highest BCUT2D eigenvalue weighted by Gasteiger charge is 2.12. The molecule has 0 bridgehead atoms. The third-order valence-corrected chi connectivity index (χ3v) is 4.69. The number of rotatable bonds is 3. The number of hydrogen-bond acceptors (Lipinski definition) is 0. The molecule has 0 aliphatic rings. The van der Waals surface area contributed by atoms with E-state index in [4.69, 9.17) is 0 Å². The van der Waals surface area contributed by atoms with Crippen molar-refractivity contribution in [3.05, 3.63) is 120 Å². The summed E-state index contributed by atoms with van der Waals surface area (Å²) in [5, 5.41) is 2.58. The molecular weight excluding hydrogens is 300 g/mol. The standard InChI is InChI=1S/C25H20/c1-19(23-18-10-16-20-11-8-9-17-24(20)23)25(21-12-4-2-5-13-21)22-14-6-3-7-15-22/h2-18H,1H3. The lowest BCUT2D eigenvalue weighted by atomic mass is 9.88. The minimum atomic E-state index is 1.25. The van der Waals surface area contributed by atoms with Crippen molar-refractivity contribution in [3.8, 4) is 0 Å². The van der Waals surface area contributed by atoms with Crippen LogP contribution in [0.3, 0.4) is 0 Å². The predicted octanol–water partition coefficient (Wildman–Crippen LogP) is 6.82. The Bertz CT molecular complexity index is 978. The van der Waals surface area contributed by atoms with Crippen molar-refractivity contribution in [3.63, 3.8) is 0 Å². The molecule has 4 rings (SSSR count). The Morgan fingerprint density at radius 2 is 1.04 bits per heavy atom. The quantitative estimate of drug-likeness (QED) is 0.363. The number of hydrogen-bond donors (Lipinski definition) is 0. The topological polar surface area (TPSA) is 0 Å². The van der Waals surface area contributed by atoms with Gasteiger partial charge in [-0.05, 0) is 45.5 Å². The van der Waals surface area contributed by atoms with Gasteiger partial charge in [0.25, 0.3) is 0 Å². The summed E-state index contributed by atoms with van der Waals surface area (Å²) >= 11 is 0. The van der Waals surface area contributed by atoms with Crippen molar-refractivity contribution in [2.45, 2.75) is 6.92 Å². The number of fused-ring (bicyclic) bond motifs is 1. The van der Waals surface area contributed by atoms with Crippen molar-refractivity contribution < 1.29 is 0 Å². The molecule has 0 amide bonds. The van der Waals surface area contributed by atoms with Crippen LogP contribution in [0.1, 0.15) is 23.6 Å². The van der Waals surface area contributed by atoms with Crippen LogP contribution < -0.4 is 0 Å². The summed E-state index contributed by atoms with van der Waals surface area (Å²) in [5.41, 5.74) is 6.38. The second-order valence-electron chi connectivity index (χ2n) is 6.26. The SMILES string of the molecule is CC(=C(c1ccccc1)c1ccccc1)c1cccc2ccccc12. The largest absolute Gasteiger partial charge is 0.0622 e. The van der Waals surface area contributed by atoms with Crippen molar-refractivity contribution in [1.29, 1.82) is 0 Å². The molecule has 0 nitrogen and oxygen atoms in total. The summed E-state index contributed by atoms with van der Waals surface area (Å²) in [6.45, 7) is 2.23. The summed E-state index contributed by atoms with van der Waals surface area (Å²) in [4.78, 5) is 0. The van der Waals surface area contributed by atoms with E-state index >= 15 is 0 Å². The normalized spacial score (nSPS) is 10.6. The highest BCUT2D eigenvalue weighted by molar-refractivity contribution is 6.04. The lowest BCUT2D eigenvalue weighted by Gasteiger charge is -2.15. The van der Waals surface area contributed by atoms with Gasteiger partial charge in [0, 0.05) is 0 Å². The lowest BCUT2D eigenvalue weighted by molar-refractivity contribution is 1.52. The van der Waals surface area contributed by atoms with Crippen LogP contribution in [0.5, 0.6) is 0 Å². The minimum Gasteiger partial charge on any atom is -0.0622 e. The fourth-order valence-electron chi connectivity index (χ4n) is 3.50. The van der Waals surface area contributed by atoms with Crippen LogP contribution in [0.15, 0.2) is 103 Å². The molecular formula is C25H20. The van der Waals surface area contributed by atoms with Gasteiger partial charge in [-0.1, -0.05) is 103 Å². The van der Waals surface area contributed by atoms with E-state index in [0.29, 0.717) is 0 Å². The molecule has 4 aromatic rings. The fourth-order valence-corrected chi connectivity index (χ4v) is 3.50. The Labute approximate surface area is 149 Å². The fraction of sp³-hybridized carbons (Fsp3) is 0.0400. The third kappa shape index (κ3) is 2.99. The highest BCUT2D eigenvalue weighted by Crippen LogP contribution is 2.34. The first-order valence-corrected chi connectivity index (χ1v) is 8.64. The summed E-state index contributed by atoms with van der Waals surface area (Å²) in [6.07, 6.45) is 0. The van der Waals surface area contributed by atoms with E-state index in [-0.39, 0.29) is 0 Å². The molecule has 0 N–H and O–H groups in total. The third-order valence-electron chi connectivity index (χ3n) is 4.69. The van der Waals surface area contributed by atoms with E-state index in [1.165, 1.54) is 38.6 Å². The molecule has 25 heavy (non-hydrogen) atoms. The van der Waals surface area contributed by atoms with Crippen molar-refractivity contribution in [2.24, 2.45) is 0 Å². The van der Waals surface area contributed by atoms with E-state index in [9.17, 15) is 0 Å². The van der Waals surface area contributed by atoms with E-state index in [0.717, 1.165) is 0 Å². The highest BCUT2D eigenvalue weighted by atomic mass is 14.2. The molecule has 4 aromatic carbocycles. The summed E-state index contributed by atoms with van der Waals surface area (Å²) in [6, 6.07) is 36.5. The van der Waals surface area contributed by atoms with Gasteiger partial charge in [-0.3, -0.25) is 0 Å². The second-order valence-corrected chi connectivity index (χ2v) is 6.26. The summed E-state index contributed by atoms with van der Waals surface area (Å²) < 4.78 is 0. The van der Waals surface area contributed by atoms with Gasteiger partial charge in [0.2, 0.25) is 0 Å². The Morgan fingerprint density at radius 1 is 0.520 bits per heavy atom. The molecule has 0 radical (unpaired) electrons. The molecule has 0 aliphatic carbocycles. The van der Waals surface area contributed by atoms with Crippen molar-refractivity contribution in [2.75, 3.05) is 0 Å². The molecule has 0 saturated heterocycles. The summed E-state index contributed by atoms with van der Waals surface area (Å²) in [7, 11) is 0. The molecule has 0 saturated carbocycles. The molecule has 0 unspecified atom stereocenters. The molecule has 0 atom stereocenters. The van der Waals surface area contributed by atoms with Crippen molar-refractivity contribution in [1.82, 2.24) is 0 Å². The van der Waals surface area contributed by atoms with Crippen LogP contribution in [0.4, 0.5) is 0 Å². The lowest BCUT2D eigenvalue weighted by Crippen LogP contribution is -1.93. The zero-order chi connectivity index (χ0) is 17.1. The Balaban J connectivity index is 2.03. The first kappa shape index (κ1) is 15.4. The molecule has 0 heteroatoms. The van der Waals surface area contributed by atoms with Gasteiger partial charge in [0.05, 0.1) is 0 Å². The Hall–Kier alpha value is -3.12. The van der Waals surface area contributed by atoms with Crippen LogP contribution in [0.25, 0.3) is 21.9 Å². The van der Waals surface area contributed by atoms with Crippen LogP contribution in [0, 0.1) is 0 Å². The smallest absolute Gasteiger partial charge is 0.00760 e. The van der Waals surface area contributed by atoms with Crippen LogP contribution in [-0.2, 0) is 0 Å². The first-order valence-electron chi connectivity index (χ1n) is 8.64. The maximum absolute atomic E-state index is 2.23. The van der Waals surface area contributed by atoms with E-state index in [1.54, 1.807) is 0 Å². The van der Waals surface area contributed by atoms with Crippen molar-refractivity contribution >= 4 is 21.9 Å². The van der Waals surface area contributed by atoms with Gasteiger partial charge in [-0.25, -0.2) is 0 Å². The summed E-state index contributed by atoms with van der Waals surface area (Å²) in [5.74, 6) is 0. The monoisotopic (exact) mass is 320 g/mol. The molecule has 0 aliphatic heterocycles. The Kier molecular flexibility index (Phi) is 4.18. The zero-order valence-electron chi connectivity index (χ0n) is 14.3. The van der Waals surface area contributed by atoms with Crippen LogP contribution in [0.2, 0.25) is 0 Å². The maximum atomic E-state index is 2.23. The average Bonchev–Trinajstić information content (AvgIpc) is 2.69. The minimum absolute atomic E-state index is 1.25. The molecule has 0 heterocycles. The second kappa shape index (κ2) is 6.78. The maximum Gasteiger partial charge on any atom is -0.00760 e. The Morgan fingerprint density at radius 3 is 1.68 bits per heavy atom. The van der Waals surface area contributed by atoms with Gasteiger partial charge < -0.3 is 0 Å². The molecule has 0 spiro atoms. The molecule has 0 aromatic heterocycles. The van der Waals surface area contributed by atoms with Crippen LogP contribution in [-0.4, -0.2) is 0 Å². The van der Waals surface area contributed by atoms with Gasteiger partial charge >= 0.3 is 0 Å². The van der Waals surface area contributed by atoms with E-state index < -0.39 is 0 Å². The van der Waals surface area contributed by atoms with Gasteiger partial charge in [-0.2, -0.15) is 0 Å². The van der Waals surface area contributed by atoms with Gasteiger partial charge in [-0.15, -0.1) is 0 Å². The van der Waals surface area contributed by atoms with Crippen LogP contribution >= 0.6 is 0 Å². The number of benzene rings is 4. The molecule has 0 fully saturated rings. The predicted molar refractivity (Wildman–Crippen MR) is 108 cm³/mol. The van der Waals surface area contributed by atoms with Gasteiger partial charge in [0.1, 0.15) is 0 Å².